The third kappa shape index (κ3) is 2.21. The van der Waals surface area contributed by atoms with Gasteiger partial charge >= 0.3 is 0 Å². The SMILES string of the molecule is CC(C)C(O)C(O)c1cccnc1N. The van der Waals surface area contributed by atoms with Gasteiger partial charge in [-0.05, 0) is 12.0 Å². The number of aromatic nitrogens is 1. The van der Waals surface area contributed by atoms with Crippen LogP contribution in [-0.4, -0.2) is 21.3 Å². The third-order valence-corrected chi connectivity index (χ3v) is 2.20. The molecule has 0 saturated carbocycles. The second-order valence-electron chi connectivity index (χ2n) is 3.66. The van der Waals surface area contributed by atoms with Crippen molar-refractivity contribution in [3.8, 4) is 0 Å². The molecule has 0 radical (unpaired) electrons. The standard InChI is InChI=1S/C10H16N2O2/c1-6(2)8(13)9(14)7-4-3-5-12-10(7)11/h3-6,8-9,13-14H,1-2H3,(H2,11,12). The fourth-order valence-electron chi connectivity index (χ4n) is 1.23. The largest absolute Gasteiger partial charge is 0.390 e. The normalized spacial score (nSPS) is 15.5. The highest BCUT2D eigenvalue weighted by Crippen LogP contribution is 2.24. The molecule has 1 rings (SSSR count). The Morgan fingerprint density at radius 1 is 1.36 bits per heavy atom. The Bertz CT molecular complexity index is 302. The number of nitrogens with zero attached hydrogens (tertiary/aromatic N) is 1. The molecular weight excluding hydrogens is 180 g/mol. The summed E-state index contributed by atoms with van der Waals surface area (Å²) in [7, 11) is 0. The zero-order valence-corrected chi connectivity index (χ0v) is 8.38. The lowest BCUT2D eigenvalue weighted by molar-refractivity contribution is -0.00914. The molecule has 0 aliphatic carbocycles. The van der Waals surface area contributed by atoms with Crippen LogP contribution in [0.5, 0.6) is 0 Å². The Morgan fingerprint density at radius 2 is 2.00 bits per heavy atom. The molecule has 0 aliphatic heterocycles. The number of aliphatic hydroxyl groups is 2. The second-order valence-corrected chi connectivity index (χ2v) is 3.66. The summed E-state index contributed by atoms with van der Waals surface area (Å²) in [5.41, 5.74) is 6.06. The van der Waals surface area contributed by atoms with Crippen LogP contribution in [-0.2, 0) is 0 Å². The van der Waals surface area contributed by atoms with Crippen molar-refractivity contribution in [2.45, 2.75) is 26.1 Å². The highest BCUT2D eigenvalue weighted by atomic mass is 16.3. The number of nitrogen functional groups attached to an aromatic ring is 1. The molecule has 2 atom stereocenters. The lowest BCUT2D eigenvalue weighted by atomic mass is 9.97. The summed E-state index contributed by atoms with van der Waals surface area (Å²) >= 11 is 0. The highest BCUT2D eigenvalue weighted by molar-refractivity contribution is 5.40. The first-order chi connectivity index (χ1) is 6.54. The van der Waals surface area contributed by atoms with Crippen LogP contribution in [0.1, 0.15) is 25.5 Å². The molecule has 0 aromatic carbocycles. The minimum Gasteiger partial charge on any atom is -0.390 e. The summed E-state index contributed by atoms with van der Waals surface area (Å²) < 4.78 is 0. The molecule has 78 valence electrons. The van der Waals surface area contributed by atoms with Crippen LogP contribution in [0.15, 0.2) is 18.3 Å². The number of pyridine rings is 1. The van der Waals surface area contributed by atoms with Crippen LogP contribution in [0, 0.1) is 5.92 Å². The first-order valence-corrected chi connectivity index (χ1v) is 4.60. The summed E-state index contributed by atoms with van der Waals surface area (Å²) in [6.45, 7) is 3.67. The van der Waals surface area contributed by atoms with E-state index in [0.29, 0.717) is 5.56 Å². The fourth-order valence-corrected chi connectivity index (χ4v) is 1.23. The van der Waals surface area contributed by atoms with Crippen LogP contribution in [0.4, 0.5) is 5.82 Å². The topological polar surface area (TPSA) is 79.4 Å². The summed E-state index contributed by atoms with van der Waals surface area (Å²) in [6.07, 6.45) is -0.238. The Morgan fingerprint density at radius 3 is 2.50 bits per heavy atom. The van der Waals surface area contributed by atoms with Crippen molar-refractivity contribution in [3.05, 3.63) is 23.9 Å². The Balaban J connectivity index is 2.89. The highest BCUT2D eigenvalue weighted by Gasteiger charge is 2.23. The van der Waals surface area contributed by atoms with Crippen molar-refractivity contribution in [1.82, 2.24) is 4.98 Å². The van der Waals surface area contributed by atoms with E-state index in [9.17, 15) is 10.2 Å². The van der Waals surface area contributed by atoms with Crippen LogP contribution in [0.2, 0.25) is 0 Å². The van der Waals surface area contributed by atoms with Gasteiger partial charge in [-0.1, -0.05) is 19.9 Å². The molecule has 1 aromatic heterocycles. The minimum atomic E-state index is -0.969. The number of anilines is 1. The molecule has 2 unspecified atom stereocenters. The Hall–Kier alpha value is -1.13. The monoisotopic (exact) mass is 196 g/mol. The average molecular weight is 196 g/mol. The van der Waals surface area contributed by atoms with Crippen molar-refractivity contribution >= 4 is 5.82 Å². The number of aliphatic hydroxyl groups excluding tert-OH is 2. The van der Waals surface area contributed by atoms with E-state index in [0.717, 1.165) is 0 Å². The molecule has 0 bridgehead atoms. The molecule has 1 aromatic rings. The van der Waals surface area contributed by atoms with Gasteiger partial charge in [0.05, 0.1) is 6.10 Å². The van der Waals surface area contributed by atoms with Gasteiger partial charge in [-0.2, -0.15) is 0 Å². The predicted molar refractivity (Wildman–Crippen MR) is 54.5 cm³/mol. The maximum Gasteiger partial charge on any atom is 0.129 e. The van der Waals surface area contributed by atoms with Gasteiger partial charge in [0, 0.05) is 11.8 Å². The Labute approximate surface area is 83.4 Å². The van der Waals surface area contributed by atoms with Gasteiger partial charge in [0.15, 0.2) is 0 Å². The van der Waals surface area contributed by atoms with Gasteiger partial charge in [-0.3, -0.25) is 0 Å². The average Bonchev–Trinajstić information content (AvgIpc) is 2.16. The molecule has 4 nitrogen and oxygen atoms in total. The smallest absolute Gasteiger partial charge is 0.129 e. The lowest BCUT2D eigenvalue weighted by Gasteiger charge is -2.21. The molecule has 4 N–H and O–H groups in total. The minimum absolute atomic E-state index is 0.0235. The van der Waals surface area contributed by atoms with Crippen LogP contribution < -0.4 is 5.73 Å². The second kappa shape index (κ2) is 4.39. The summed E-state index contributed by atoms with van der Waals surface area (Å²) in [5, 5.41) is 19.4. The zero-order valence-electron chi connectivity index (χ0n) is 8.38. The molecule has 4 heteroatoms. The fraction of sp³-hybridized carbons (Fsp3) is 0.500. The molecule has 0 spiro atoms. The summed E-state index contributed by atoms with van der Waals surface area (Å²) in [5.74, 6) is 0.240. The van der Waals surface area contributed by atoms with Crippen molar-refractivity contribution < 1.29 is 10.2 Å². The predicted octanol–water partition coefficient (Wildman–Crippen LogP) is 0.714. The number of rotatable bonds is 3. The number of hydrogen-bond acceptors (Lipinski definition) is 4. The molecule has 14 heavy (non-hydrogen) atoms. The van der Waals surface area contributed by atoms with Gasteiger partial charge in [0.1, 0.15) is 11.9 Å². The lowest BCUT2D eigenvalue weighted by Crippen LogP contribution is -2.24. The third-order valence-electron chi connectivity index (χ3n) is 2.20. The van der Waals surface area contributed by atoms with E-state index in [1.807, 2.05) is 13.8 Å². The van der Waals surface area contributed by atoms with Crippen molar-refractivity contribution in [2.24, 2.45) is 5.92 Å². The van der Waals surface area contributed by atoms with E-state index >= 15 is 0 Å². The molecule has 0 saturated heterocycles. The van der Waals surface area contributed by atoms with Gasteiger partial charge in [0.2, 0.25) is 0 Å². The van der Waals surface area contributed by atoms with E-state index in [-0.39, 0.29) is 11.7 Å². The summed E-state index contributed by atoms with van der Waals surface area (Å²) in [6, 6.07) is 3.35. The van der Waals surface area contributed by atoms with Crippen molar-refractivity contribution in [1.29, 1.82) is 0 Å². The van der Waals surface area contributed by atoms with E-state index in [4.69, 9.17) is 5.73 Å². The first-order valence-electron chi connectivity index (χ1n) is 4.60. The van der Waals surface area contributed by atoms with E-state index in [1.54, 1.807) is 18.3 Å². The summed E-state index contributed by atoms with van der Waals surface area (Å²) in [4.78, 5) is 3.85. The van der Waals surface area contributed by atoms with Gasteiger partial charge in [0.25, 0.3) is 0 Å². The van der Waals surface area contributed by atoms with E-state index in [2.05, 4.69) is 4.98 Å². The van der Waals surface area contributed by atoms with Crippen LogP contribution in [0.3, 0.4) is 0 Å². The quantitative estimate of drug-likeness (QED) is 0.665. The van der Waals surface area contributed by atoms with Gasteiger partial charge in [-0.15, -0.1) is 0 Å². The van der Waals surface area contributed by atoms with Gasteiger partial charge in [-0.25, -0.2) is 4.98 Å². The molecule has 0 aliphatic rings. The number of nitrogens with two attached hydrogens (primary N) is 1. The maximum atomic E-state index is 9.77. The van der Waals surface area contributed by atoms with E-state index in [1.165, 1.54) is 0 Å². The molecule has 0 amide bonds. The van der Waals surface area contributed by atoms with Gasteiger partial charge < -0.3 is 15.9 Å². The molecular formula is C10H16N2O2. The molecule has 0 fully saturated rings. The van der Waals surface area contributed by atoms with Crippen LogP contribution in [0.25, 0.3) is 0 Å². The molecule has 1 heterocycles. The van der Waals surface area contributed by atoms with E-state index < -0.39 is 12.2 Å². The van der Waals surface area contributed by atoms with Crippen molar-refractivity contribution in [2.75, 3.05) is 5.73 Å². The van der Waals surface area contributed by atoms with Crippen molar-refractivity contribution in [3.63, 3.8) is 0 Å². The number of hydrogen-bond donors (Lipinski definition) is 3. The maximum absolute atomic E-state index is 9.77. The Kier molecular flexibility index (Phi) is 3.43. The first kappa shape index (κ1) is 10.9. The zero-order chi connectivity index (χ0) is 10.7. The van der Waals surface area contributed by atoms with Crippen LogP contribution >= 0.6 is 0 Å².